The highest BCUT2D eigenvalue weighted by molar-refractivity contribution is 7.13. The second-order valence-electron chi connectivity index (χ2n) is 6.94. The van der Waals surface area contributed by atoms with Gasteiger partial charge in [-0.2, -0.15) is 0 Å². The molecule has 1 saturated heterocycles. The zero-order chi connectivity index (χ0) is 19.5. The molecule has 0 bridgehead atoms. The van der Waals surface area contributed by atoms with E-state index >= 15 is 0 Å². The predicted molar refractivity (Wildman–Crippen MR) is 121 cm³/mol. The number of fused-ring (bicyclic) bond motifs is 1. The maximum atomic E-state index is 6.17. The number of thiophene rings is 1. The molecule has 0 aliphatic carbocycles. The van der Waals surface area contributed by atoms with Gasteiger partial charge in [0, 0.05) is 25.3 Å². The van der Waals surface area contributed by atoms with Crippen molar-refractivity contribution in [1.29, 1.82) is 0 Å². The van der Waals surface area contributed by atoms with E-state index in [-0.39, 0.29) is 0 Å². The number of rotatable bonds is 7. The van der Waals surface area contributed by atoms with Crippen molar-refractivity contribution in [2.45, 2.75) is 25.7 Å². The molecule has 0 saturated carbocycles. The highest BCUT2D eigenvalue weighted by Gasteiger charge is 2.15. The maximum Gasteiger partial charge on any atom is 0.154 e. The number of benzene rings is 1. The molecule has 0 spiro atoms. The average Bonchev–Trinajstić information content (AvgIpc) is 3.39. The van der Waals surface area contributed by atoms with Crippen molar-refractivity contribution in [2.75, 3.05) is 25.0 Å². The summed E-state index contributed by atoms with van der Waals surface area (Å²) in [4.78, 5) is 13.1. The molecule has 1 aliphatic heterocycles. The maximum absolute atomic E-state index is 6.17. The molecule has 1 aromatic carbocycles. The lowest BCUT2D eigenvalue weighted by atomic mass is 10.2. The van der Waals surface area contributed by atoms with Crippen molar-refractivity contribution in [3.8, 4) is 10.6 Å². The highest BCUT2D eigenvalue weighted by atomic mass is 35.5. The van der Waals surface area contributed by atoms with Gasteiger partial charge in [-0.15, -0.1) is 11.3 Å². The van der Waals surface area contributed by atoms with E-state index in [1.165, 1.54) is 18.5 Å². The van der Waals surface area contributed by atoms with Crippen LogP contribution in [0, 0.1) is 0 Å². The van der Waals surface area contributed by atoms with Gasteiger partial charge in [-0.25, -0.2) is 9.97 Å². The topological polar surface area (TPSA) is 41.1 Å². The first-order valence-corrected chi connectivity index (χ1v) is 11.1. The minimum atomic E-state index is 0.486. The molecule has 4 rings (SSSR count). The average molecular weight is 433 g/mol. The molecule has 0 unspecified atom stereocenters. The predicted octanol–water partition coefficient (Wildman–Crippen LogP) is 6.47. The lowest BCUT2D eigenvalue weighted by molar-refractivity contribution is 0.408. The number of aromatic nitrogens is 2. The number of hydrogen-bond acceptors (Lipinski definition) is 5. The van der Waals surface area contributed by atoms with E-state index in [0.717, 1.165) is 59.9 Å². The Bertz CT molecular complexity index is 982. The van der Waals surface area contributed by atoms with Gasteiger partial charge in [-0.1, -0.05) is 35.8 Å². The Labute approximate surface area is 179 Å². The van der Waals surface area contributed by atoms with Crippen LogP contribution in [0.25, 0.3) is 21.6 Å². The molecule has 4 nitrogen and oxygen atoms in total. The summed E-state index contributed by atoms with van der Waals surface area (Å²) < 4.78 is 0. The quantitative estimate of drug-likeness (QED) is 0.434. The summed E-state index contributed by atoms with van der Waals surface area (Å²) in [7, 11) is 0. The summed E-state index contributed by atoms with van der Waals surface area (Å²) in [6, 6.07) is 7.61. The minimum Gasteiger partial charge on any atom is -0.375 e. The van der Waals surface area contributed by atoms with E-state index in [0.29, 0.717) is 10.0 Å². The second kappa shape index (κ2) is 8.68. The van der Waals surface area contributed by atoms with Crippen LogP contribution in [-0.2, 0) is 0 Å². The third-order valence-corrected chi connectivity index (χ3v) is 6.55. The third kappa shape index (κ3) is 4.27. The summed E-state index contributed by atoms with van der Waals surface area (Å²) in [5.74, 6) is 0.778. The summed E-state index contributed by atoms with van der Waals surface area (Å²) >= 11 is 14.0. The summed E-state index contributed by atoms with van der Waals surface area (Å²) in [6.45, 7) is 7.35. The fraction of sp³-hybridized carbons (Fsp3) is 0.333. The Morgan fingerprint density at radius 2 is 1.86 bits per heavy atom. The van der Waals surface area contributed by atoms with Gasteiger partial charge in [0.15, 0.2) is 5.82 Å². The SMILES string of the molecule is C=C(CCCNc1nc2cc(Cl)c(Cl)cc2nc1-c1cccs1)N1CCCC1. The summed E-state index contributed by atoms with van der Waals surface area (Å²) in [5, 5.41) is 6.49. The number of halogens is 2. The number of likely N-dealkylation sites (tertiary alicyclic amines) is 1. The van der Waals surface area contributed by atoms with E-state index in [2.05, 4.69) is 22.9 Å². The third-order valence-electron chi connectivity index (χ3n) is 4.95. The van der Waals surface area contributed by atoms with Crippen LogP contribution in [0.2, 0.25) is 10.0 Å². The van der Waals surface area contributed by atoms with E-state index in [1.807, 2.05) is 11.4 Å². The van der Waals surface area contributed by atoms with Gasteiger partial charge in [0.1, 0.15) is 5.69 Å². The molecule has 7 heteroatoms. The van der Waals surface area contributed by atoms with Gasteiger partial charge < -0.3 is 10.2 Å². The Kier molecular flexibility index (Phi) is 6.04. The van der Waals surface area contributed by atoms with Gasteiger partial charge >= 0.3 is 0 Å². The van der Waals surface area contributed by atoms with Crippen LogP contribution in [0.15, 0.2) is 41.9 Å². The minimum absolute atomic E-state index is 0.486. The number of anilines is 1. The first-order chi connectivity index (χ1) is 13.6. The van der Waals surface area contributed by atoms with Crippen LogP contribution in [0.4, 0.5) is 5.82 Å². The molecule has 0 amide bonds. The lowest BCUT2D eigenvalue weighted by Crippen LogP contribution is -2.18. The molecule has 1 N–H and O–H groups in total. The van der Waals surface area contributed by atoms with Crippen molar-refractivity contribution in [3.63, 3.8) is 0 Å². The largest absolute Gasteiger partial charge is 0.375 e. The van der Waals surface area contributed by atoms with Crippen molar-refractivity contribution in [1.82, 2.24) is 14.9 Å². The van der Waals surface area contributed by atoms with Gasteiger partial charge in [0.2, 0.25) is 0 Å². The van der Waals surface area contributed by atoms with E-state index < -0.39 is 0 Å². The van der Waals surface area contributed by atoms with Gasteiger partial charge in [-0.3, -0.25) is 0 Å². The smallest absolute Gasteiger partial charge is 0.154 e. The summed E-state index contributed by atoms with van der Waals surface area (Å²) in [6.07, 6.45) is 4.55. The van der Waals surface area contributed by atoms with Crippen molar-refractivity contribution in [3.05, 3.63) is 52.0 Å². The molecule has 2 aromatic heterocycles. The Balaban J connectivity index is 1.52. The number of allylic oxidation sites excluding steroid dienone is 1. The Hall–Kier alpha value is -1.82. The number of nitrogens with zero attached hydrogens (tertiary/aromatic N) is 3. The Morgan fingerprint density at radius 3 is 2.54 bits per heavy atom. The molecule has 1 fully saturated rings. The second-order valence-corrected chi connectivity index (χ2v) is 8.71. The van der Waals surface area contributed by atoms with Gasteiger partial charge in [-0.05, 0) is 49.3 Å². The number of hydrogen-bond donors (Lipinski definition) is 1. The van der Waals surface area contributed by atoms with Crippen molar-refractivity contribution >= 4 is 51.4 Å². The van der Waals surface area contributed by atoms with Crippen LogP contribution < -0.4 is 5.32 Å². The summed E-state index contributed by atoms with van der Waals surface area (Å²) in [5.41, 5.74) is 3.56. The molecular weight excluding hydrogens is 411 g/mol. The van der Waals surface area contributed by atoms with Gasteiger partial charge in [0.05, 0.1) is 26.0 Å². The molecule has 28 heavy (non-hydrogen) atoms. The van der Waals surface area contributed by atoms with Crippen molar-refractivity contribution in [2.24, 2.45) is 0 Å². The van der Waals surface area contributed by atoms with Crippen LogP contribution in [-0.4, -0.2) is 34.5 Å². The molecule has 146 valence electrons. The monoisotopic (exact) mass is 432 g/mol. The zero-order valence-corrected chi connectivity index (χ0v) is 17.9. The van der Waals surface area contributed by atoms with E-state index in [9.17, 15) is 0 Å². The van der Waals surface area contributed by atoms with E-state index in [1.54, 1.807) is 23.5 Å². The molecule has 3 heterocycles. The first-order valence-electron chi connectivity index (χ1n) is 9.49. The standard InChI is InChI=1S/C21H22Cl2N4S/c1-14(27-9-2-3-10-27)6-4-8-24-21-20(19-7-5-11-28-19)25-17-12-15(22)16(23)13-18(17)26-21/h5,7,11-13H,1-4,6,8-10H2,(H,24,26). The molecule has 1 aliphatic rings. The number of nitrogens with one attached hydrogen (secondary N) is 1. The molecule has 0 radical (unpaired) electrons. The molecular formula is C21H22Cl2N4S. The van der Waals surface area contributed by atoms with Crippen LogP contribution >= 0.6 is 34.5 Å². The highest BCUT2D eigenvalue weighted by Crippen LogP contribution is 2.33. The van der Waals surface area contributed by atoms with Gasteiger partial charge in [0.25, 0.3) is 0 Å². The molecule has 3 aromatic rings. The fourth-order valence-electron chi connectivity index (χ4n) is 3.45. The van der Waals surface area contributed by atoms with Crippen molar-refractivity contribution < 1.29 is 0 Å². The van der Waals surface area contributed by atoms with Crippen LogP contribution in [0.5, 0.6) is 0 Å². The van der Waals surface area contributed by atoms with Crippen LogP contribution in [0.1, 0.15) is 25.7 Å². The zero-order valence-electron chi connectivity index (χ0n) is 15.5. The van der Waals surface area contributed by atoms with E-state index in [4.69, 9.17) is 33.2 Å². The Morgan fingerprint density at radius 1 is 1.14 bits per heavy atom. The first kappa shape index (κ1) is 19.5. The lowest BCUT2D eigenvalue weighted by Gasteiger charge is -2.20. The van der Waals surface area contributed by atoms with Crippen LogP contribution in [0.3, 0.4) is 0 Å². The normalized spacial score (nSPS) is 14.0. The molecule has 0 atom stereocenters. The fourth-order valence-corrected chi connectivity index (χ4v) is 4.48.